The lowest BCUT2D eigenvalue weighted by Gasteiger charge is -2.57. The number of nitrogens with zero attached hydrogens (tertiary/aromatic N) is 5. The molecule has 1 aliphatic carbocycles. The van der Waals surface area contributed by atoms with Crippen LogP contribution in [0.25, 0.3) is 33.4 Å². The third-order valence-corrected chi connectivity index (χ3v) is 15.3. The Morgan fingerprint density at radius 2 is 1.84 bits per heavy atom. The molecule has 1 spiro atoms. The van der Waals surface area contributed by atoms with Gasteiger partial charge in [-0.2, -0.15) is 0 Å². The second kappa shape index (κ2) is 18.0. The summed E-state index contributed by atoms with van der Waals surface area (Å²) >= 11 is 0. The first-order valence-corrected chi connectivity index (χ1v) is 24.2. The van der Waals surface area contributed by atoms with Crippen molar-refractivity contribution in [3.05, 3.63) is 59.9 Å². The number of likely N-dealkylation sites (tertiary alicyclic amines) is 1. The number of hydrogen-bond donors (Lipinski definition) is 2. The number of nitrogens with one attached hydrogen (secondary N) is 2. The van der Waals surface area contributed by atoms with Crippen LogP contribution in [0.2, 0.25) is 0 Å². The van der Waals surface area contributed by atoms with Gasteiger partial charge < -0.3 is 42.7 Å². The second-order valence-corrected chi connectivity index (χ2v) is 20.8. The van der Waals surface area contributed by atoms with Crippen LogP contribution in [0.3, 0.4) is 0 Å². The van der Waals surface area contributed by atoms with Crippen molar-refractivity contribution >= 4 is 28.7 Å². The summed E-state index contributed by atoms with van der Waals surface area (Å²) in [6.45, 7) is 12.8. The van der Waals surface area contributed by atoms with Crippen LogP contribution in [0.15, 0.2) is 47.2 Å². The van der Waals surface area contributed by atoms with Crippen LogP contribution in [0.1, 0.15) is 75.7 Å². The number of amides is 2. The minimum Gasteiger partial charge on any atom is -0.464 e. The molecule has 7 atom stereocenters. The van der Waals surface area contributed by atoms with Gasteiger partial charge in [-0.25, -0.2) is 10.4 Å². The Hall–Kier alpha value is -4.75. The average molecular weight is 922 g/mol. The standard InChI is InChI=1S/C50H63N7O10/c1-29(61-4)41-32(7-5-13-51-41)43-34-20-49(2,3)26-67-48(60)37-8-6-14-57(54-37)47(59)42(53-45(58)40-35-21-63-22-36(35)40)44(55-24-50(25-55)27-64-28-50)46-52-38(23-66-46)30-9-10-39(33(34)19-30)56(43)15-18-65-31-11-16-62-17-12-31/h5,7,9-10,13,19,23,29,31,35-37,40,42,44,54H,6,8,11-12,14-18,20-22,24-28H2,1-4H3,(H,53,58)/t29-,35-,36+,37?,40?,42-,44-/m0/s1. The molecule has 1 aromatic carbocycles. The Balaban J connectivity index is 1.04. The number of methoxy groups -OCH3 is 1. The third-order valence-electron chi connectivity index (χ3n) is 15.3. The number of rotatable bonds is 10. The molecular formula is C50H63N7O10. The van der Waals surface area contributed by atoms with E-state index in [1.165, 1.54) is 5.01 Å². The first kappa shape index (κ1) is 44.7. The van der Waals surface area contributed by atoms with E-state index >= 15 is 4.79 Å². The number of fused-ring (bicyclic) bond motifs is 7. The molecular weight excluding hydrogens is 859 g/mol. The highest BCUT2D eigenvalue weighted by Crippen LogP contribution is 2.51. The van der Waals surface area contributed by atoms with Crippen molar-refractivity contribution < 1.29 is 47.2 Å². The number of cyclic esters (lactones) is 1. The van der Waals surface area contributed by atoms with E-state index in [0.29, 0.717) is 103 Å². The molecule has 2 unspecified atom stereocenters. The highest BCUT2D eigenvalue weighted by atomic mass is 16.5. The molecule has 17 nitrogen and oxygen atoms in total. The SMILES string of the molecule is CO[C@@H](C)c1ncccc1-c1c2c3cc(ccc3n1CCOC1CCOCC1)-c1coc(n1)[C@@H](N1CC3(COC3)C1)[C@H](NC(=O)C1[C@H]3COC[C@@H]13)C(=O)N1CCCC(N1)C(=O)OCC(C)(C)C2. The molecule has 11 rings (SSSR count). The summed E-state index contributed by atoms with van der Waals surface area (Å²) in [5.41, 5.74) is 8.97. The normalized spacial score (nSPS) is 28.9. The lowest BCUT2D eigenvalue weighted by Crippen LogP contribution is -2.70. The summed E-state index contributed by atoms with van der Waals surface area (Å²) in [5.74, 6) is -0.592. The van der Waals surface area contributed by atoms with Gasteiger partial charge in [0.2, 0.25) is 11.8 Å². The van der Waals surface area contributed by atoms with E-state index < -0.39 is 29.5 Å². The fourth-order valence-corrected chi connectivity index (χ4v) is 11.5. The number of esters is 1. The maximum atomic E-state index is 15.1. The Morgan fingerprint density at radius 3 is 2.60 bits per heavy atom. The van der Waals surface area contributed by atoms with Crippen molar-refractivity contribution in [2.24, 2.45) is 28.6 Å². The van der Waals surface area contributed by atoms with Crippen molar-refractivity contribution in [1.82, 2.24) is 35.2 Å². The highest BCUT2D eigenvalue weighted by Gasteiger charge is 2.60. The summed E-state index contributed by atoms with van der Waals surface area (Å²) in [6, 6.07) is 7.87. The molecule has 2 N–H and O–H groups in total. The zero-order chi connectivity index (χ0) is 46.0. The first-order valence-electron chi connectivity index (χ1n) is 24.2. The van der Waals surface area contributed by atoms with Gasteiger partial charge in [0.15, 0.2) is 0 Å². The molecule has 358 valence electrons. The number of aromatic nitrogens is 3. The predicted octanol–water partition coefficient (Wildman–Crippen LogP) is 4.63. The van der Waals surface area contributed by atoms with E-state index in [1.54, 1.807) is 19.6 Å². The molecule has 4 aromatic rings. The van der Waals surface area contributed by atoms with E-state index in [0.717, 1.165) is 51.8 Å². The van der Waals surface area contributed by atoms with Crippen molar-refractivity contribution in [2.45, 2.75) is 89.8 Å². The maximum Gasteiger partial charge on any atom is 0.324 e. The Kier molecular flexibility index (Phi) is 12.0. The number of pyridine rings is 1. The van der Waals surface area contributed by atoms with E-state index in [-0.39, 0.29) is 53.8 Å². The Labute approximate surface area is 390 Å². The third kappa shape index (κ3) is 8.48. The molecule has 6 aliphatic heterocycles. The monoisotopic (exact) mass is 921 g/mol. The van der Waals surface area contributed by atoms with E-state index in [2.05, 4.69) is 58.3 Å². The number of hydrogen-bond acceptors (Lipinski definition) is 14. The minimum absolute atomic E-state index is 0.0206. The molecule has 6 fully saturated rings. The van der Waals surface area contributed by atoms with Crippen LogP contribution in [-0.2, 0) is 55.8 Å². The summed E-state index contributed by atoms with van der Waals surface area (Å²) in [5, 5.41) is 5.73. The zero-order valence-electron chi connectivity index (χ0n) is 39.0. The van der Waals surface area contributed by atoms with E-state index in [4.69, 9.17) is 42.8 Å². The van der Waals surface area contributed by atoms with Gasteiger partial charge in [0.05, 0.1) is 63.2 Å². The molecule has 1 saturated carbocycles. The van der Waals surface area contributed by atoms with Crippen molar-refractivity contribution in [1.29, 1.82) is 0 Å². The molecule has 6 bridgehead atoms. The van der Waals surface area contributed by atoms with Gasteiger partial charge in [-0.05, 0) is 80.7 Å². The number of carbonyl (C=O) groups is 3. The van der Waals surface area contributed by atoms with Gasteiger partial charge >= 0.3 is 5.97 Å². The van der Waals surface area contributed by atoms with Gasteiger partial charge in [0, 0.05) is 91.5 Å². The van der Waals surface area contributed by atoms with Crippen LogP contribution >= 0.6 is 0 Å². The summed E-state index contributed by atoms with van der Waals surface area (Å²) in [6.07, 6.45) is 6.63. The molecule has 67 heavy (non-hydrogen) atoms. The van der Waals surface area contributed by atoms with Gasteiger partial charge in [0.25, 0.3) is 5.91 Å². The minimum atomic E-state index is -1.07. The molecule has 5 saturated heterocycles. The first-order chi connectivity index (χ1) is 32.5. The van der Waals surface area contributed by atoms with Crippen LogP contribution in [0.5, 0.6) is 0 Å². The van der Waals surface area contributed by atoms with E-state index in [1.807, 2.05) is 13.0 Å². The summed E-state index contributed by atoms with van der Waals surface area (Å²) in [7, 11) is 1.70. The zero-order valence-corrected chi connectivity index (χ0v) is 39.0. The Morgan fingerprint density at radius 1 is 1.03 bits per heavy atom. The quantitative estimate of drug-likeness (QED) is 0.210. The van der Waals surface area contributed by atoms with Gasteiger partial charge in [-0.15, -0.1) is 0 Å². The molecule has 0 radical (unpaired) electrons. The lowest BCUT2D eigenvalue weighted by atomic mass is 9.76. The smallest absolute Gasteiger partial charge is 0.324 e. The van der Waals surface area contributed by atoms with Gasteiger partial charge in [-0.3, -0.25) is 29.3 Å². The molecule has 7 aliphatic rings. The number of carbonyl (C=O) groups excluding carboxylic acids is 3. The van der Waals surface area contributed by atoms with Crippen LogP contribution in [-0.4, -0.2) is 140 Å². The average Bonchev–Trinajstić information content (AvgIpc) is 3.65. The number of oxazole rings is 1. The number of hydrazine groups is 1. The van der Waals surface area contributed by atoms with Crippen LogP contribution < -0.4 is 10.7 Å². The number of benzene rings is 1. The largest absolute Gasteiger partial charge is 0.464 e. The van der Waals surface area contributed by atoms with Crippen molar-refractivity contribution in [3.8, 4) is 22.5 Å². The fourth-order valence-electron chi connectivity index (χ4n) is 11.5. The van der Waals surface area contributed by atoms with Crippen molar-refractivity contribution in [2.75, 3.05) is 79.6 Å². The molecule has 3 aromatic heterocycles. The lowest BCUT2D eigenvalue weighted by molar-refractivity contribution is -0.204. The molecule has 2 amide bonds. The van der Waals surface area contributed by atoms with Crippen molar-refractivity contribution in [3.63, 3.8) is 0 Å². The van der Waals surface area contributed by atoms with E-state index in [9.17, 15) is 9.59 Å². The molecule has 9 heterocycles. The van der Waals surface area contributed by atoms with Crippen LogP contribution in [0, 0.1) is 28.6 Å². The predicted molar refractivity (Wildman–Crippen MR) is 243 cm³/mol. The second-order valence-electron chi connectivity index (χ2n) is 20.8. The summed E-state index contributed by atoms with van der Waals surface area (Å²) < 4.78 is 44.4. The topological polar surface area (TPSA) is 181 Å². The highest BCUT2D eigenvalue weighted by molar-refractivity contribution is 5.95. The summed E-state index contributed by atoms with van der Waals surface area (Å²) in [4.78, 5) is 55.7. The maximum absolute atomic E-state index is 15.1. The van der Waals surface area contributed by atoms with Gasteiger partial charge in [0.1, 0.15) is 30.1 Å². The molecule has 17 heteroatoms. The fraction of sp³-hybridized carbons (Fsp3) is 0.620. The Bertz CT molecular complexity index is 2490. The van der Waals surface area contributed by atoms with Gasteiger partial charge in [-0.1, -0.05) is 19.9 Å². The van der Waals surface area contributed by atoms with Crippen LogP contribution in [0.4, 0.5) is 0 Å². The number of ether oxygens (including phenoxy) is 6.